The van der Waals surface area contributed by atoms with Gasteiger partial charge in [0.1, 0.15) is 11.8 Å². The van der Waals surface area contributed by atoms with Gasteiger partial charge in [0, 0.05) is 22.2 Å². The molecule has 0 aromatic heterocycles. The Hall–Kier alpha value is -4.06. The van der Waals surface area contributed by atoms with Crippen LogP contribution in [0.4, 0.5) is 5.69 Å². The van der Waals surface area contributed by atoms with Crippen molar-refractivity contribution in [3.05, 3.63) is 101 Å². The van der Waals surface area contributed by atoms with Gasteiger partial charge in [-0.3, -0.25) is 4.79 Å². The van der Waals surface area contributed by atoms with Crippen molar-refractivity contribution < 1.29 is 9.53 Å². The number of ketones is 1. The molecule has 1 saturated heterocycles. The van der Waals surface area contributed by atoms with Gasteiger partial charge in [-0.1, -0.05) is 54.1 Å². The fourth-order valence-electron chi connectivity index (χ4n) is 5.22. The molecule has 6 heteroatoms. The highest BCUT2D eigenvalue weighted by molar-refractivity contribution is 6.30. The number of carbonyl (C=O) groups is 1. The summed E-state index contributed by atoms with van der Waals surface area (Å²) in [6.07, 6.45) is 3.73. The molecule has 1 fully saturated rings. The van der Waals surface area contributed by atoms with Crippen LogP contribution in [0.3, 0.4) is 0 Å². The van der Waals surface area contributed by atoms with Gasteiger partial charge in [-0.15, -0.1) is 0 Å². The standard InChI is InChI=1S/C28H20ClN3O2/c1-34-22-11-7-19(8-12-22)27(33)26-25(18-5-3-2-4-6-18)28(16-30,17-31)24-14-9-20-15-21(29)10-13-23(20)32(24)26/h2-15,24-26H,1H3/t24-,25-,26+/m0/s1. The molecule has 3 aromatic rings. The molecule has 3 atom stereocenters. The van der Waals surface area contributed by atoms with Crippen molar-refractivity contribution in [1.82, 2.24) is 0 Å². The summed E-state index contributed by atoms with van der Waals surface area (Å²) in [4.78, 5) is 16.1. The molecule has 2 aliphatic heterocycles. The number of methoxy groups -OCH3 is 1. The average molecular weight is 466 g/mol. The number of hydrogen-bond donors (Lipinski definition) is 0. The Balaban J connectivity index is 1.76. The summed E-state index contributed by atoms with van der Waals surface area (Å²) in [5, 5.41) is 21.4. The van der Waals surface area contributed by atoms with E-state index in [0.717, 1.165) is 16.8 Å². The molecular weight excluding hydrogens is 446 g/mol. The van der Waals surface area contributed by atoms with Gasteiger partial charge in [-0.05, 0) is 53.6 Å². The fraction of sp³-hybridized carbons (Fsp3) is 0.179. The second-order valence-electron chi connectivity index (χ2n) is 8.43. The molecule has 0 unspecified atom stereocenters. The number of rotatable bonds is 4. The molecule has 3 aromatic carbocycles. The van der Waals surface area contributed by atoms with E-state index >= 15 is 0 Å². The maximum absolute atomic E-state index is 14.1. The van der Waals surface area contributed by atoms with Crippen LogP contribution in [0.1, 0.15) is 27.4 Å². The Bertz CT molecular complexity index is 1360. The molecule has 0 spiro atoms. The fourth-order valence-corrected chi connectivity index (χ4v) is 5.41. The minimum Gasteiger partial charge on any atom is -0.497 e. The van der Waals surface area contributed by atoms with E-state index in [1.165, 1.54) is 0 Å². The average Bonchev–Trinajstić information content (AvgIpc) is 3.19. The summed E-state index contributed by atoms with van der Waals surface area (Å²) in [5.74, 6) is -0.190. The zero-order valence-electron chi connectivity index (χ0n) is 18.4. The van der Waals surface area contributed by atoms with E-state index in [-0.39, 0.29) is 5.78 Å². The van der Waals surface area contributed by atoms with Crippen LogP contribution in [0, 0.1) is 28.1 Å². The van der Waals surface area contributed by atoms with Gasteiger partial charge in [0.15, 0.2) is 11.2 Å². The third kappa shape index (κ3) is 3.17. The Labute approximate surface area is 203 Å². The third-order valence-corrected chi connectivity index (χ3v) is 7.00. The van der Waals surface area contributed by atoms with E-state index in [9.17, 15) is 15.3 Å². The lowest BCUT2D eigenvalue weighted by Crippen LogP contribution is -2.44. The van der Waals surface area contributed by atoms with Crippen molar-refractivity contribution in [2.45, 2.75) is 18.0 Å². The van der Waals surface area contributed by atoms with Crippen LogP contribution in [0.5, 0.6) is 5.75 Å². The van der Waals surface area contributed by atoms with Gasteiger partial charge in [0.25, 0.3) is 0 Å². The number of ether oxygens (including phenoxy) is 1. The molecule has 0 aliphatic carbocycles. The molecule has 2 aliphatic rings. The van der Waals surface area contributed by atoms with Crippen LogP contribution in [0.2, 0.25) is 5.02 Å². The number of hydrogen-bond acceptors (Lipinski definition) is 5. The van der Waals surface area contributed by atoms with Crippen molar-refractivity contribution in [2.75, 3.05) is 12.0 Å². The molecule has 5 rings (SSSR count). The second-order valence-corrected chi connectivity index (χ2v) is 8.87. The number of Topliss-reactive ketones (excluding diaryl/α,β-unsaturated/α-hetero) is 1. The maximum Gasteiger partial charge on any atom is 0.185 e. The summed E-state index contributed by atoms with van der Waals surface area (Å²) < 4.78 is 5.25. The number of halogens is 1. The monoisotopic (exact) mass is 465 g/mol. The molecular formula is C28H20ClN3O2. The first-order valence-corrected chi connectivity index (χ1v) is 11.2. The lowest BCUT2D eigenvalue weighted by atomic mass is 9.69. The minimum atomic E-state index is -1.47. The first-order chi connectivity index (χ1) is 16.5. The first kappa shape index (κ1) is 21.8. The molecule has 0 amide bonds. The molecule has 166 valence electrons. The van der Waals surface area contributed by atoms with E-state index < -0.39 is 23.4 Å². The third-order valence-electron chi connectivity index (χ3n) is 6.77. The highest BCUT2D eigenvalue weighted by atomic mass is 35.5. The van der Waals surface area contributed by atoms with Crippen LogP contribution >= 0.6 is 11.6 Å². The van der Waals surface area contributed by atoms with E-state index in [1.807, 2.05) is 59.5 Å². The summed E-state index contributed by atoms with van der Waals surface area (Å²) in [7, 11) is 1.57. The van der Waals surface area contributed by atoms with Crippen molar-refractivity contribution >= 4 is 29.1 Å². The molecule has 0 radical (unpaired) electrons. The molecule has 0 bridgehead atoms. The quantitative estimate of drug-likeness (QED) is 0.466. The van der Waals surface area contributed by atoms with Gasteiger partial charge >= 0.3 is 0 Å². The maximum atomic E-state index is 14.1. The zero-order chi connectivity index (χ0) is 23.9. The van der Waals surface area contributed by atoms with Crippen LogP contribution in [0.25, 0.3) is 6.08 Å². The van der Waals surface area contributed by atoms with Crippen LogP contribution in [-0.4, -0.2) is 25.0 Å². The van der Waals surface area contributed by atoms with Gasteiger partial charge in [0.2, 0.25) is 0 Å². The highest BCUT2D eigenvalue weighted by Gasteiger charge is 2.63. The second kappa shape index (κ2) is 8.37. The first-order valence-electron chi connectivity index (χ1n) is 10.9. The van der Waals surface area contributed by atoms with E-state index in [1.54, 1.807) is 37.4 Å². The van der Waals surface area contributed by atoms with E-state index in [0.29, 0.717) is 16.3 Å². The minimum absolute atomic E-state index is 0.162. The normalized spacial score (nSPS) is 21.6. The van der Waals surface area contributed by atoms with Crippen molar-refractivity contribution in [3.63, 3.8) is 0 Å². The van der Waals surface area contributed by atoms with Gasteiger partial charge in [0.05, 0.1) is 25.3 Å². The zero-order valence-corrected chi connectivity index (χ0v) is 19.1. The number of nitriles is 2. The summed E-state index contributed by atoms with van der Waals surface area (Å²) in [6.45, 7) is 0. The van der Waals surface area contributed by atoms with Crippen LogP contribution < -0.4 is 9.64 Å². The van der Waals surface area contributed by atoms with E-state index in [2.05, 4.69) is 12.1 Å². The van der Waals surface area contributed by atoms with Crippen molar-refractivity contribution in [3.8, 4) is 17.9 Å². The summed E-state index contributed by atoms with van der Waals surface area (Å²) >= 11 is 6.24. The molecule has 2 heterocycles. The number of carbonyl (C=O) groups excluding carboxylic acids is 1. The van der Waals surface area contributed by atoms with Gasteiger partial charge < -0.3 is 9.64 Å². The van der Waals surface area contributed by atoms with Crippen molar-refractivity contribution in [2.24, 2.45) is 5.41 Å². The number of benzene rings is 3. The Morgan fingerprint density at radius 2 is 1.74 bits per heavy atom. The molecule has 5 nitrogen and oxygen atoms in total. The van der Waals surface area contributed by atoms with Crippen LogP contribution in [0.15, 0.2) is 78.9 Å². The van der Waals surface area contributed by atoms with E-state index in [4.69, 9.17) is 16.3 Å². The number of nitrogens with zero attached hydrogens (tertiary/aromatic N) is 3. The molecule has 0 saturated carbocycles. The predicted molar refractivity (Wildman–Crippen MR) is 131 cm³/mol. The van der Waals surface area contributed by atoms with Gasteiger partial charge in [-0.25, -0.2) is 0 Å². The summed E-state index contributed by atoms with van der Waals surface area (Å²) in [6, 6.07) is 25.0. The lowest BCUT2D eigenvalue weighted by molar-refractivity contribution is 0.0951. The topological polar surface area (TPSA) is 77.1 Å². The SMILES string of the molecule is COc1ccc(C(=O)[C@H]2[C@H](c3ccccc3)C(C#N)(C#N)[C@@H]3C=Cc4cc(Cl)ccc4N32)cc1. The number of fused-ring (bicyclic) bond motifs is 3. The highest BCUT2D eigenvalue weighted by Crippen LogP contribution is 2.55. The smallest absolute Gasteiger partial charge is 0.185 e. The molecule has 0 N–H and O–H groups in total. The predicted octanol–water partition coefficient (Wildman–Crippen LogP) is 5.63. The van der Waals surface area contributed by atoms with Crippen molar-refractivity contribution in [1.29, 1.82) is 10.5 Å². The lowest BCUT2D eigenvalue weighted by Gasteiger charge is -2.35. The van der Waals surface area contributed by atoms with Gasteiger partial charge in [-0.2, -0.15) is 10.5 Å². The van der Waals surface area contributed by atoms with Crippen LogP contribution in [-0.2, 0) is 0 Å². The molecule has 34 heavy (non-hydrogen) atoms. The summed E-state index contributed by atoms with van der Waals surface area (Å²) in [5.41, 5.74) is 1.41. The number of anilines is 1. The largest absolute Gasteiger partial charge is 0.497 e. The Morgan fingerprint density at radius 3 is 2.38 bits per heavy atom. The Morgan fingerprint density at radius 1 is 1.03 bits per heavy atom. The Kier molecular flexibility index (Phi) is 5.36.